The summed E-state index contributed by atoms with van der Waals surface area (Å²) in [5, 5.41) is 11.4. The highest BCUT2D eigenvalue weighted by Gasteiger charge is 2.37. The first-order valence-electron chi connectivity index (χ1n) is 7.06. The van der Waals surface area contributed by atoms with E-state index in [4.69, 9.17) is 0 Å². The molecule has 1 aliphatic rings. The Hall–Kier alpha value is -2.35. The molecule has 0 saturated carbocycles. The van der Waals surface area contributed by atoms with Crippen LogP contribution in [0.15, 0.2) is 48.5 Å². The van der Waals surface area contributed by atoms with Crippen LogP contribution in [0.3, 0.4) is 0 Å². The number of phenols is 1. The molecule has 2 heteroatoms. The zero-order chi connectivity index (χ0) is 14.8. The second-order valence-corrected chi connectivity index (χ2v) is 6.15. The summed E-state index contributed by atoms with van der Waals surface area (Å²) in [5.74, 6) is -0.142. The van der Waals surface area contributed by atoms with Crippen LogP contribution in [0.25, 0.3) is 21.9 Å². The van der Waals surface area contributed by atoms with E-state index in [1.165, 1.54) is 11.6 Å². The molecule has 3 aromatic rings. The van der Waals surface area contributed by atoms with E-state index in [9.17, 15) is 9.50 Å². The van der Waals surface area contributed by atoms with Crippen LogP contribution in [0.4, 0.5) is 4.39 Å². The van der Waals surface area contributed by atoms with Gasteiger partial charge < -0.3 is 5.11 Å². The van der Waals surface area contributed by atoms with E-state index >= 15 is 0 Å². The molecule has 4 rings (SSSR count). The number of phenolic OH excluding ortho intramolecular Hbond substituents is 1. The molecule has 0 radical (unpaired) electrons. The van der Waals surface area contributed by atoms with E-state index in [0.29, 0.717) is 10.8 Å². The fraction of sp³-hybridized carbons (Fsp3) is 0.158. The SMILES string of the molecule is CC1(C)c2ccccc2-c2c1cc(O)c1cccc(F)c21. The van der Waals surface area contributed by atoms with Crippen LogP contribution in [0.2, 0.25) is 0 Å². The molecular formula is C19H15FO. The van der Waals surface area contributed by atoms with Gasteiger partial charge in [-0.05, 0) is 34.4 Å². The van der Waals surface area contributed by atoms with Gasteiger partial charge in [0.1, 0.15) is 11.6 Å². The van der Waals surface area contributed by atoms with E-state index in [0.717, 1.165) is 16.7 Å². The molecule has 0 unspecified atom stereocenters. The van der Waals surface area contributed by atoms with E-state index in [1.54, 1.807) is 18.2 Å². The summed E-state index contributed by atoms with van der Waals surface area (Å²) in [7, 11) is 0. The van der Waals surface area contributed by atoms with Crippen molar-refractivity contribution in [1.29, 1.82) is 0 Å². The fourth-order valence-electron chi connectivity index (χ4n) is 3.58. The highest BCUT2D eigenvalue weighted by Crippen LogP contribution is 2.53. The molecule has 0 aliphatic heterocycles. The van der Waals surface area contributed by atoms with Gasteiger partial charge in [0.15, 0.2) is 0 Å². The normalized spacial score (nSPS) is 15.0. The molecule has 1 nitrogen and oxygen atoms in total. The van der Waals surface area contributed by atoms with Gasteiger partial charge in [-0.3, -0.25) is 0 Å². The molecule has 0 spiro atoms. The molecule has 3 aromatic carbocycles. The first-order chi connectivity index (χ1) is 10.0. The van der Waals surface area contributed by atoms with Crippen molar-refractivity contribution >= 4 is 10.8 Å². The van der Waals surface area contributed by atoms with Gasteiger partial charge in [0.05, 0.1) is 0 Å². The third-order valence-corrected chi connectivity index (χ3v) is 4.63. The standard InChI is InChI=1S/C19H15FO/c1-19(2)13-8-4-3-6-11(13)17-14(19)10-16(21)12-7-5-9-15(20)18(12)17/h3-10,21H,1-2H3. The van der Waals surface area contributed by atoms with Gasteiger partial charge in [0, 0.05) is 16.2 Å². The molecule has 0 saturated heterocycles. The van der Waals surface area contributed by atoms with Gasteiger partial charge in [-0.1, -0.05) is 50.2 Å². The van der Waals surface area contributed by atoms with Crippen molar-refractivity contribution in [2.45, 2.75) is 19.3 Å². The van der Waals surface area contributed by atoms with Crippen LogP contribution in [-0.2, 0) is 5.41 Å². The Labute approximate surface area is 122 Å². The zero-order valence-corrected chi connectivity index (χ0v) is 11.9. The summed E-state index contributed by atoms with van der Waals surface area (Å²) in [5.41, 5.74) is 3.91. The van der Waals surface area contributed by atoms with Crippen molar-refractivity contribution in [2.24, 2.45) is 0 Å². The third-order valence-electron chi connectivity index (χ3n) is 4.63. The fourth-order valence-corrected chi connectivity index (χ4v) is 3.58. The molecule has 1 aliphatic carbocycles. The molecule has 0 bridgehead atoms. The minimum absolute atomic E-state index is 0.143. The number of aromatic hydroxyl groups is 1. The van der Waals surface area contributed by atoms with E-state index < -0.39 is 0 Å². The zero-order valence-electron chi connectivity index (χ0n) is 11.9. The molecule has 0 fully saturated rings. The Balaban J connectivity index is 2.28. The van der Waals surface area contributed by atoms with Crippen LogP contribution in [0, 0.1) is 5.82 Å². The summed E-state index contributed by atoms with van der Waals surface area (Å²) in [6, 6.07) is 14.7. The van der Waals surface area contributed by atoms with Crippen molar-refractivity contribution in [2.75, 3.05) is 0 Å². The van der Waals surface area contributed by atoms with Crippen molar-refractivity contribution in [3.63, 3.8) is 0 Å². The summed E-state index contributed by atoms with van der Waals surface area (Å²) in [4.78, 5) is 0. The lowest BCUT2D eigenvalue weighted by molar-refractivity contribution is 0.479. The Bertz CT molecular complexity index is 893. The topological polar surface area (TPSA) is 20.2 Å². The number of benzene rings is 3. The molecular weight excluding hydrogens is 263 g/mol. The molecule has 0 atom stereocenters. The highest BCUT2D eigenvalue weighted by molar-refractivity contribution is 6.05. The van der Waals surface area contributed by atoms with Crippen molar-refractivity contribution in [3.05, 3.63) is 65.5 Å². The lowest BCUT2D eigenvalue weighted by atomic mass is 9.82. The van der Waals surface area contributed by atoms with Crippen molar-refractivity contribution in [3.8, 4) is 16.9 Å². The van der Waals surface area contributed by atoms with Crippen LogP contribution in [-0.4, -0.2) is 5.11 Å². The van der Waals surface area contributed by atoms with Crippen LogP contribution >= 0.6 is 0 Å². The summed E-state index contributed by atoms with van der Waals surface area (Å²) in [6.45, 7) is 4.23. The van der Waals surface area contributed by atoms with Crippen LogP contribution in [0.5, 0.6) is 5.75 Å². The molecule has 0 heterocycles. The van der Waals surface area contributed by atoms with Gasteiger partial charge in [0.25, 0.3) is 0 Å². The maximum atomic E-state index is 14.5. The molecule has 104 valence electrons. The smallest absolute Gasteiger partial charge is 0.131 e. The summed E-state index contributed by atoms with van der Waals surface area (Å²) in [6.07, 6.45) is 0. The maximum absolute atomic E-state index is 14.5. The number of fused-ring (bicyclic) bond motifs is 5. The summed E-state index contributed by atoms with van der Waals surface area (Å²) < 4.78 is 14.5. The summed E-state index contributed by atoms with van der Waals surface area (Å²) >= 11 is 0. The monoisotopic (exact) mass is 278 g/mol. The predicted molar refractivity (Wildman–Crippen MR) is 83.1 cm³/mol. The molecule has 1 N–H and O–H groups in total. The third kappa shape index (κ3) is 1.45. The lowest BCUT2D eigenvalue weighted by Crippen LogP contribution is -2.14. The average molecular weight is 278 g/mol. The Morgan fingerprint density at radius 2 is 1.71 bits per heavy atom. The molecule has 21 heavy (non-hydrogen) atoms. The van der Waals surface area contributed by atoms with Gasteiger partial charge >= 0.3 is 0 Å². The number of hydrogen-bond donors (Lipinski definition) is 1. The number of rotatable bonds is 0. The molecule has 0 aromatic heterocycles. The maximum Gasteiger partial charge on any atom is 0.131 e. The first-order valence-corrected chi connectivity index (χ1v) is 7.06. The van der Waals surface area contributed by atoms with Gasteiger partial charge in [0.2, 0.25) is 0 Å². The highest BCUT2D eigenvalue weighted by atomic mass is 19.1. The first kappa shape index (κ1) is 12.4. The lowest BCUT2D eigenvalue weighted by Gasteiger charge is -2.21. The number of halogens is 1. The van der Waals surface area contributed by atoms with Gasteiger partial charge in [-0.2, -0.15) is 0 Å². The van der Waals surface area contributed by atoms with Crippen LogP contribution < -0.4 is 0 Å². The molecule has 0 amide bonds. The van der Waals surface area contributed by atoms with Crippen LogP contribution in [0.1, 0.15) is 25.0 Å². The van der Waals surface area contributed by atoms with Gasteiger partial charge in [-0.25, -0.2) is 4.39 Å². The van der Waals surface area contributed by atoms with Crippen molar-refractivity contribution in [1.82, 2.24) is 0 Å². The Morgan fingerprint density at radius 1 is 0.952 bits per heavy atom. The predicted octanol–water partition coefficient (Wildman–Crippen LogP) is 4.99. The Morgan fingerprint density at radius 3 is 2.52 bits per heavy atom. The minimum atomic E-state index is -0.285. The average Bonchev–Trinajstić information content (AvgIpc) is 2.69. The second kappa shape index (κ2) is 3.85. The van der Waals surface area contributed by atoms with E-state index in [-0.39, 0.29) is 17.0 Å². The van der Waals surface area contributed by atoms with Crippen molar-refractivity contribution < 1.29 is 9.50 Å². The van der Waals surface area contributed by atoms with E-state index in [2.05, 4.69) is 19.9 Å². The van der Waals surface area contributed by atoms with E-state index in [1.807, 2.05) is 18.2 Å². The Kier molecular flexibility index (Phi) is 2.27. The quantitative estimate of drug-likeness (QED) is 0.614. The number of hydrogen-bond acceptors (Lipinski definition) is 1. The minimum Gasteiger partial charge on any atom is -0.507 e. The second-order valence-electron chi connectivity index (χ2n) is 6.15. The largest absolute Gasteiger partial charge is 0.507 e. The van der Waals surface area contributed by atoms with Gasteiger partial charge in [-0.15, -0.1) is 0 Å².